The highest BCUT2D eigenvalue weighted by atomic mass is 19.4. The van der Waals surface area contributed by atoms with Crippen LogP contribution in [0.3, 0.4) is 0 Å². The summed E-state index contributed by atoms with van der Waals surface area (Å²) >= 11 is 0. The van der Waals surface area contributed by atoms with Gasteiger partial charge in [0.25, 0.3) is 0 Å². The second-order valence-electron chi connectivity index (χ2n) is 4.11. The summed E-state index contributed by atoms with van der Waals surface area (Å²) in [6.45, 7) is 0.0827. The van der Waals surface area contributed by atoms with E-state index in [0.29, 0.717) is 12.5 Å². The average molecular weight is 291 g/mol. The molecule has 0 unspecified atom stereocenters. The molecule has 0 radical (unpaired) electrons. The predicted molar refractivity (Wildman–Crippen MR) is 61.9 cm³/mol. The molecule has 0 aliphatic rings. The number of hydrogen-bond donors (Lipinski definition) is 2. The zero-order valence-corrected chi connectivity index (χ0v) is 10.4. The van der Waals surface area contributed by atoms with Crippen LogP contribution in [0.1, 0.15) is 12.5 Å². The number of carbonyl (C=O) groups is 2. The van der Waals surface area contributed by atoms with Crippen LogP contribution in [0, 0.1) is 0 Å². The standard InChI is InChI=1S/C12H12F3NO4/c1-11(9(17)18,12(13,14)15)16-10(19)20-7-8-5-3-2-4-6-8/h2-6H,7H2,1H3,(H,16,19)(H,17,18)/t11-/m0/s1. The maximum Gasteiger partial charge on any atom is 0.422 e. The highest BCUT2D eigenvalue weighted by Gasteiger charge is 2.58. The van der Waals surface area contributed by atoms with Crippen molar-refractivity contribution in [1.29, 1.82) is 0 Å². The highest BCUT2D eigenvalue weighted by Crippen LogP contribution is 2.30. The number of nitrogens with one attached hydrogen (secondary N) is 1. The number of carbonyl (C=O) groups excluding carboxylic acids is 1. The summed E-state index contributed by atoms with van der Waals surface area (Å²) in [7, 11) is 0. The van der Waals surface area contributed by atoms with E-state index in [1.807, 2.05) is 0 Å². The van der Waals surface area contributed by atoms with Crippen LogP contribution >= 0.6 is 0 Å². The normalized spacial score (nSPS) is 14.2. The van der Waals surface area contributed by atoms with Crippen LogP contribution in [0.4, 0.5) is 18.0 Å². The lowest BCUT2D eigenvalue weighted by Gasteiger charge is -2.27. The van der Waals surface area contributed by atoms with Crippen molar-refractivity contribution in [3.8, 4) is 0 Å². The smallest absolute Gasteiger partial charge is 0.422 e. The van der Waals surface area contributed by atoms with Crippen LogP contribution < -0.4 is 5.32 Å². The van der Waals surface area contributed by atoms with Gasteiger partial charge in [-0.3, -0.25) is 5.32 Å². The van der Waals surface area contributed by atoms with Gasteiger partial charge in [0.1, 0.15) is 6.61 Å². The van der Waals surface area contributed by atoms with Crippen LogP contribution in [0.2, 0.25) is 0 Å². The zero-order valence-electron chi connectivity index (χ0n) is 10.4. The van der Waals surface area contributed by atoms with E-state index in [1.165, 1.54) is 5.32 Å². The highest BCUT2D eigenvalue weighted by molar-refractivity contribution is 5.84. The van der Waals surface area contributed by atoms with Gasteiger partial charge in [0, 0.05) is 0 Å². The largest absolute Gasteiger partial charge is 0.479 e. The van der Waals surface area contributed by atoms with Gasteiger partial charge in [0.05, 0.1) is 0 Å². The van der Waals surface area contributed by atoms with Gasteiger partial charge in [0.2, 0.25) is 5.54 Å². The Hall–Kier alpha value is -2.25. The van der Waals surface area contributed by atoms with Crippen molar-refractivity contribution in [2.45, 2.75) is 25.2 Å². The van der Waals surface area contributed by atoms with Crippen LogP contribution in [-0.4, -0.2) is 28.9 Å². The predicted octanol–water partition coefficient (Wildman–Crippen LogP) is 2.32. The maximum atomic E-state index is 12.6. The van der Waals surface area contributed by atoms with Crippen LogP contribution in [0.15, 0.2) is 30.3 Å². The third-order valence-electron chi connectivity index (χ3n) is 2.56. The van der Waals surface area contributed by atoms with E-state index in [1.54, 1.807) is 30.3 Å². The van der Waals surface area contributed by atoms with Crippen LogP contribution in [-0.2, 0) is 16.1 Å². The topological polar surface area (TPSA) is 75.6 Å². The Morgan fingerprint density at radius 1 is 1.25 bits per heavy atom. The minimum Gasteiger partial charge on any atom is -0.479 e. The number of carboxylic acids is 1. The fourth-order valence-corrected chi connectivity index (χ4v) is 1.21. The van der Waals surface area contributed by atoms with Gasteiger partial charge < -0.3 is 9.84 Å². The van der Waals surface area contributed by atoms with Crippen molar-refractivity contribution in [3.63, 3.8) is 0 Å². The maximum absolute atomic E-state index is 12.6. The Balaban J connectivity index is 2.67. The molecule has 0 aliphatic heterocycles. The summed E-state index contributed by atoms with van der Waals surface area (Å²) in [5.74, 6) is -2.22. The van der Waals surface area contributed by atoms with E-state index in [-0.39, 0.29) is 6.61 Å². The van der Waals surface area contributed by atoms with Gasteiger partial charge in [-0.15, -0.1) is 0 Å². The summed E-state index contributed by atoms with van der Waals surface area (Å²) in [6.07, 6.45) is -6.61. The molecule has 1 amide bonds. The first-order valence-corrected chi connectivity index (χ1v) is 5.46. The lowest BCUT2D eigenvalue weighted by Crippen LogP contribution is -2.61. The Morgan fingerprint density at radius 3 is 2.25 bits per heavy atom. The zero-order chi connectivity index (χ0) is 15.4. The minimum atomic E-state index is -5.15. The second kappa shape index (κ2) is 5.81. The van der Waals surface area contributed by atoms with E-state index in [2.05, 4.69) is 4.74 Å². The molecule has 0 saturated heterocycles. The van der Waals surface area contributed by atoms with Crippen molar-refractivity contribution in [1.82, 2.24) is 5.32 Å². The van der Waals surface area contributed by atoms with E-state index in [0.717, 1.165) is 0 Å². The Kier molecular flexibility index (Phi) is 4.59. The van der Waals surface area contributed by atoms with Crippen molar-refractivity contribution < 1.29 is 32.6 Å². The van der Waals surface area contributed by atoms with E-state index in [4.69, 9.17) is 5.11 Å². The number of ether oxygens (including phenoxy) is 1. The molecule has 0 aromatic heterocycles. The average Bonchev–Trinajstić information content (AvgIpc) is 2.36. The van der Waals surface area contributed by atoms with E-state index < -0.39 is 23.8 Å². The third kappa shape index (κ3) is 3.62. The van der Waals surface area contributed by atoms with Gasteiger partial charge in [-0.2, -0.15) is 13.2 Å². The number of alkyl halides is 3. The molecular weight excluding hydrogens is 279 g/mol. The third-order valence-corrected chi connectivity index (χ3v) is 2.56. The van der Waals surface area contributed by atoms with Crippen LogP contribution in [0.25, 0.3) is 0 Å². The Bertz CT molecular complexity index is 489. The van der Waals surface area contributed by atoms with Gasteiger partial charge >= 0.3 is 18.2 Å². The molecule has 5 nitrogen and oxygen atoms in total. The minimum absolute atomic E-state index is 0.264. The van der Waals surface area contributed by atoms with Crippen molar-refractivity contribution >= 4 is 12.1 Å². The van der Waals surface area contributed by atoms with E-state index in [9.17, 15) is 22.8 Å². The molecule has 2 N–H and O–H groups in total. The number of rotatable bonds is 4. The van der Waals surface area contributed by atoms with Gasteiger partial charge in [-0.05, 0) is 12.5 Å². The summed E-state index contributed by atoms with van der Waals surface area (Å²) in [6, 6.07) is 8.25. The SMILES string of the molecule is C[C@](NC(=O)OCc1ccccc1)(C(=O)O)C(F)(F)F. The van der Waals surface area contributed by atoms with E-state index >= 15 is 0 Å². The van der Waals surface area contributed by atoms with Crippen LogP contribution in [0.5, 0.6) is 0 Å². The molecule has 0 fully saturated rings. The monoisotopic (exact) mass is 291 g/mol. The Morgan fingerprint density at radius 2 is 1.80 bits per heavy atom. The molecule has 0 heterocycles. The molecule has 1 rings (SSSR count). The Labute approximate surface area is 112 Å². The molecule has 0 spiro atoms. The number of halogens is 3. The van der Waals surface area contributed by atoms with Gasteiger partial charge in [-0.25, -0.2) is 9.59 Å². The molecular formula is C12H12F3NO4. The number of benzene rings is 1. The van der Waals surface area contributed by atoms with Crippen molar-refractivity contribution in [3.05, 3.63) is 35.9 Å². The molecule has 0 saturated carbocycles. The first-order chi connectivity index (χ1) is 9.17. The second-order valence-corrected chi connectivity index (χ2v) is 4.11. The lowest BCUT2D eigenvalue weighted by atomic mass is 10.0. The fraction of sp³-hybridized carbons (Fsp3) is 0.333. The molecule has 1 aromatic carbocycles. The molecule has 20 heavy (non-hydrogen) atoms. The summed E-state index contributed by atoms with van der Waals surface area (Å²) in [5, 5.41) is 9.93. The number of aliphatic carboxylic acids is 1. The number of amides is 1. The summed E-state index contributed by atoms with van der Waals surface area (Å²) in [5.41, 5.74) is -2.84. The number of hydrogen-bond acceptors (Lipinski definition) is 3. The molecule has 110 valence electrons. The summed E-state index contributed by atoms with van der Waals surface area (Å²) < 4.78 is 42.4. The molecule has 1 aromatic rings. The summed E-state index contributed by atoms with van der Waals surface area (Å²) in [4.78, 5) is 22.0. The fourth-order valence-electron chi connectivity index (χ4n) is 1.21. The quantitative estimate of drug-likeness (QED) is 0.892. The van der Waals surface area contributed by atoms with Gasteiger partial charge in [0.15, 0.2) is 0 Å². The van der Waals surface area contributed by atoms with Crippen molar-refractivity contribution in [2.24, 2.45) is 0 Å². The molecule has 0 aliphatic carbocycles. The lowest BCUT2D eigenvalue weighted by molar-refractivity contribution is -0.204. The first kappa shape index (κ1) is 15.8. The molecule has 0 bridgehead atoms. The van der Waals surface area contributed by atoms with Gasteiger partial charge in [-0.1, -0.05) is 30.3 Å². The molecule has 1 atom stereocenters. The number of alkyl carbamates (subject to hydrolysis) is 1. The first-order valence-electron chi connectivity index (χ1n) is 5.46. The van der Waals surface area contributed by atoms with Crippen molar-refractivity contribution in [2.75, 3.05) is 0 Å². The molecule has 8 heteroatoms. The number of carboxylic acid groups (broad SMARTS) is 1.